The monoisotopic (exact) mass is 247 g/mol. The van der Waals surface area contributed by atoms with Crippen molar-refractivity contribution in [2.24, 2.45) is 0 Å². The molecule has 3 nitrogen and oxygen atoms in total. The molecule has 0 heterocycles. The predicted molar refractivity (Wildman–Crippen MR) is 56.6 cm³/mol. The van der Waals surface area contributed by atoms with Crippen molar-refractivity contribution in [3.63, 3.8) is 0 Å². The molecule has 0 aliphatic heterocycles. The SMILES string of the molecule is CCCOc1c(Cl)cc(C(=O)[O-])cc1Cl. The lowest BCUT2D eigenvalue weighted by Gasteiger charge is -2.11. The molecule has 0 saturated carbocycles. The van der Waals surface area contributed by atoms with Gasteiger partial charge in [-0.1, -0.05) is 30.1 Å². The quantitative estimate of drug-likeness (QED) is 0.820. The highest BCUT2D eigenvalue weighted by atomic mass is 35.5. The maximum atomic E-state index is 10.6. The molecule has 0 aliphatic rings. The highest BCUT2D eigenvalue weighted by Gasteiger charge is 2.09. The van der Waals surface area contributed by atoms with Gasteiger partial charge in [0.2, 0.25) is 0 Å². The first kappa shape index (κ1) is 12.1. The first-order valence-electron chi connectivity index (χ1n) is 4.39. The average molecular weight is 248 g/mol. The molecule has 0 aliphatic carbocycles. The van der Waals surface area contributed by atoms with Crippen molar-refractivity contribution in [2.45, 2.75) is 13.3 Å². The van der Waals surface area contributed by atoms with Gasteiger partial charge in [0.15, 0.2) is 5.75 Å². The van der Waals surface area contributed by atoms with E-state index in [-0.39, 0.29) is 15.6 Å². The third-order valence-electron chi connectivity index (χ3n) is 1.68. The highest BCUT2D eigenvalue weighted by molar-refractivity contribution is 6.37. The van der Waals surface area contributed by atoms with Crippen LogP contribution in [0.4, 0.5) is 0 Å². The molecule has 0 radical (unpaired) electrons. The summed E-state index contributed by atoms with van der Waals surface area (Å²) < 4.78 is 5.27. The molecule has 0 fully saturated rings. The van der Waals surface area contributed by atoms with Gasteiger partial charge in [-0.05, 0) is 18.6 Å². The zero-order chi connectivity index (χ0) is 11.4. The first-order valence-corrected chi connectivity index (χ1v) is 5.15. The summed E-state index contributed by atoms with van der Waals surface area (Å²) in [6.45, 7) is 2.42. The van der Waals surface area contributed by atoms with E-state index < -0.39 is 5.97 Å². The minimum Gasteiger partial charge on any atom is -0.545 e. The van der Waals surface area contributed by atoms with E-state index in [0.29, 0.717) is 12.4 Å². The zero-order valence-electron chi connectivity index (χ0n) is 8.05. The standard InChI is InChI=1S/C10H10Cl2O3/c1-2-3-15-9-7(11)4-6(10(13)14)5-8(9)12/h4-5H,2-3H2,1H3,(H,13,14)/p-1. The highest BCUT2D eigenvalue weighted by Crippen LogP contribution is 2.34. The van der Waals surface area contributed by atoms with Gasteiger partial charge in [-0.2, -0.15) is 0 Å². The number of carbonyl (C=O) groups is 1. The lowest BCUT2D eigenvalue weighted by molar-refractivity contribution is -0.255. The molecule has 0 spiro atoms. The molecule has 1 rings (SSSR count). The first-order chi connectivity index (χ1) is 7.06. The van der Waals surface area contributed by atoms with Crippen LogP contribution in [0.3, 0.4) is 0 Å². The number of ether oxygens (including phenoxy) is 1. The lowest BCUT2D eigenvalue weighted by atomic mass is 10.2. The van der Waals surface area contributed by atoms with Crippen molar-refractivity contribution in [3.05, 3.63) is 27.7 Å². The molecule has 15 heavy (non-hydrogen) atoms. The Morgan fingerprint density at radius 2 is 1.93 bits per heavy atom. The number of carboxylic acids is 1. The third-order valence-corrected chi connectivity index (χ3v) is 2.25. The number of benzene rings is 1. The molecule has 0 amide bonds. The fourth-order valence-corrected chi connectivity index (χ4v) is 1.62. The number of carboxylic acid groups (broad SMARTS) is 1. The molecule has 0 saturated heterocycles. The van der Waals surface area contributed by atoms with E-state index in [1.54, 1.807) is 0 Å². The minimum absolute atomic E-state index is 0.0613. The summed E-state index contributed by atoms with van der Waals surface area (Å²) in [5.41, 5.74) is -0.0613. The molecule has 0 unspecified atom stereocenters. The molecule has 5 heteroatoms. The zero-order valence-corrected chi connectivity index (χ0v) is 9.56. The number of aromatic carboxylic acids is 1. The van der Waals surface area contributed by atoms with Crippen LogP contribution in [0.2, 0.25) is 10.0 Å². The van der Waals surface area contributed by atoms with E-state index in [4.69, 9.17) is 27.9 Å². The lowest BCUT2D eigenvalue weighted by Crippen LogP contribution is -2.22. The topological polar surface area (TPSA) is 49.4 Å². The molecule has 0 N–H and O–H groups in total. The van der Waals surface area contributed by atoms with E-state index >= 15 is 0 Å². The third kappa shape index (κ3) is 3.01. The summed E-state index contributed by atoms with van der Waals surface area (Å²) in [4.78, 5) is 10.6. The van der Waals surface area contributed by atoms with Crippen LogP contribution in [0.5, 0.6) is 5.75 Å². The Labute approximate surface area is 97.6 Å². The van der Waals surface area contributed by atoms with Gasteiger partial charge in [0.1, 0.15) is 0 Å². The van der Waals surface area contributed by atoms with Crippen LogP contribution >= 0.6 is 23.2 Å². The minimum atomic E-state index is -1.32. The van der Waals surface area contributed by atoms with Crippen LogP contribution in [0, 0.1) is 0 Å². The van der Waals surface area contributed by atoms with Gasteiger partial charge in [0, 0.05) is 5.56 Å². The summed E-state index contributed by atoms with van der Waals surface area (Å²) in [6, 6.07) is 2.52. The predicted octanol–water partition coefficient (Wildman–Crippen LogP) is 2.15. The van der Waals surface area contributed by atoms with E-state index in [1.807, 2.05) is 6.92 Å². The molecule has 0 bridgehead atoms. The molecular formula is C10H9Cl2O3-. The summed E-state index contributed by atoms with van der Waals surface area (Å²) >= 11 is 11.6. The van der Waals surface area contributed by atoms with Crippen LogP contribution in [-0.4, -0.2) is 12.6 Å². The van der Waals surface area contributed by atoms with Gasteiger partial charge < -0.3 is 14.6 Å². The number of rotatable bonds is 4. The van der Waals surface area contributed by atoms with Gasteiger partial charge >= 0.3 is 0 Å². The van der Waals surface area contributed by atoms with Crippen molar-refractivity contribution < 1.29 is 14.6 Å². The molecule has 0 atom stereocenters. The summed E-state index contributed by atoms with van der Waals surface area (Å²) in [5.74, 6) is -1.01. The van der Waals surface area contributed by atoms with Gasteiger partial charge in [-0.3, -0.25) is 0 Å². The largest absolute Gasteiger partial charge is 0.545 e. The van der Waals surface area contributed by atoms with Gasteiger partial charge in [-0.25, -0.2) is 0 Å². The van der Waals surface area contributed by atoms with E-state index in [0.717, 1.165) is 6.42 Å². The van der Waals surface area contributed by atoms with Crippen LogP contribution in [0.1, 0.15) is 23.7 Å². The van der Waals surface area contributed by atoms with E-state index in [9.17, 15) is 9.90 Å². The van der Waals surface area contributed by atoms with Gasteiger partial charge in [-0.15, -0.1) is 0 Å². The number of hydrogen-bond donors (Lipinski definition) is 0. The Bertz CT molecular complexity index is 354. The van der Waals surface area contributed by atoms with E-state index in [2.05, 4.69) is 0 Å². The fourth-order valence-electron chi connectivity index (χ4n) is 1.02. The van der Waals surface area contributed by atoms with Crippen molar-refractivity contribution >= 4 is 29.2 Å². The maximum Gasteiger partial charge on any atom is 0.156 e. The Kier molecular flexibility index (Phi) is 4.24. The number of halogens is 2. The molecule has 82 valence electrons. The normalized spacial score (nSPS) is 10.1. The molecular weight excluding hydrogens is 239 g/mol. The van der Waals surface area contributed by atoms with Gasteiger partial charge in [0.05, 0.1) is 22.6 Å². The number of hydrogen-bond acceptors (Lipinski definition) is 3. The smallest absolute Gasteiger partial charge is 0.156 e. The Morgan fingerprint density at radius 1 is 1.40 bits per heavy atom. The second-order valence-electron chi connectivity index (χ2n) is 2.90. The van der Waals surface area contributed by atoms with Crippen LogP contribution in [0.25, 0.3) is 0 Å². The van der Waals surface area contributed by atoms with Crippen molar-refractivity contribution in [1.82, 2.24) is 0 Å². The summed E-state index contributed by atoms with van der Waals surface area (Å²) in [7, 11) is 0. The van der Waals surface area contributed by atoms with E-state index in [1.165, 1.54) is 12.1 Å². The Morgan fingerprint density at radius 3 is 2.33 bits per heavy atom. The van der Waals surface area contributed by atoms with Crippen molar-refractivity contribution in [2.75, 3.05) is 6.61 Å². The van der Waals surface area contributed by atoms with Crippen molar-refractivity contribution in [1.29, 1.82) is 0 Å². The van der Waals surface area contributed by atoms with Crippen LogP contribution < -0.4 is 9.84 Å². The molecule has 0 aromatic heterocycles. The Hall–Kier alpha value is -0.930. The Balaban J connectivity index is 3.04. The second kappa shape index (κ2) is 5.24. The summed E-state index contributed by atoms with van der Waals surface area (Å²) in [5, 5.41) is 10.9. The second-order valence-corrected chi connectivity index (χ2v) is 3.72. The van der Waals surface area contributed by atoms with Crippen LogP contribution in [0.15, 0.2) is 12.1 Å². The average Bonchev–Trinajstić information content (AvgIpc) is 2.16. The maximum absolute atomic E-state index is 10.6. The summed E-state index contributed by atoms with van der Waals surface area (Å²) in [6.07, 6.45) is 0.814. The van der Waals surface area contributed by atoms with Crippen molar-refractivity contribution in [3.8, 4) is 5.75 Å². The number of carbonyl (C=O) groups excluding carboxylic acids is 1. The van der Waals surface area contributed by atoms with Crippen LogP contribution in [-0.2, 0) is 0 Å². The molecule has 1 aromatic rings. The molecule has 1 aromatic carbocycles. The fraction of sp³-hybridized carbons (Fsp3) is 0.300. The van der Waals surface area contributed by atoms with Gasteiger partial charge in [0.25, 0.3) is 0 Å².